The highest BCUT2D eigenvalue weighted by Gasteiger charge is 2.64. The van der Waals surface area contributed by atoms with E-state index in [1.807, 2.05) is 6.08 Å². The standard InChI is InChI=1S/C30H48O3/c1-26(2)21-10-13-28(5)17-18-16-20(31)25-27(3,4)24(33)11-14-29(25,6)19(18)8-9-22(28)30(21,7)15-12-23(26)32/h16,19,21-25,32-33H,8-15,17H2,1-7H3/t19-,21+,22-,23-,24-,25+,28-,29+,30-/m0/s1. The molecule has 0 aromatic heterocycles. The Labute approximate surface area is 201 Å². The molecule has 33 heavy (non-hydrogen) atoms. The monoisotopic (exact) mass is 456 g/mol. The van der Waals surface area contributed by atoms with Crippen LogP contribution in [0.5, 0.6) is 0 Å². The lowest BCUT2D eigenvalue weighted by Crippen LogP contribution is -2.58. The summed E-state index contributed by atoms with van der Waals surface area (Å²) in [5.41, 5.74) is 1.48. The zero-order valence-electron chi connectivity index (χ0n) is 22.2. The largest absolute Gasteiger partial charge is 0.393 e. The zero-order valence-corrected chi connectivity index (χ0v) is 22.2. The SMILES string of the molecule is CC1(C)[C@H]2CC[C@@]3(C)CC4=CC(=O)[C@@H]5C(C)(C)[C@@H](O)CC[C@]5(C)[C@H]4CC[C@@H]3[C@@]2(C)CC[C@@H]1O. The van der Waals surface area contributed by atoms with Crippen LogP contribution >= 0.6 is 0 Å². The highest BCUT2D eigenvalue weighted by atomic mass is 16.3. The van der Waals surface area contributed by atoms with E-state index in [-0.39, 0.29) is 44.9 Å². The van der Waals surface area contributed by atoms with Crippen molar-refractivity contribution in [2.24, 2.45) is 50.7 Å². The molecule has 0 radical (unpaired) electrons. The van der Waals surface area contributed by atoms with E-state index in [1.54, 1.807) is 0 Å². The summed E-state index contributed by atoms with van der Waals surface area (Å²) in [4.78, 5) is 13.6. The van der Waals surface area contributed by atoms with Crippen molar-refractivity contribution in [3.63, 3.8) is 0 Å². The molecule has 2 N–H and O–H groups in total. The van der Waals surface area contributed by atoms with Crippen molar-refractivity contribution < 1.29 is 15.0 Å². The number of aliphatic hydroxyl groups is 2. The first-order chi connectivity index (χ1) is 15.2. The first-order valence-corrected chi connectivity index (χ1v) is 13.8. The smallest absolute Gasteiger partial charge is 0.159 e. The summed E-state index contributed by atoms with van der Waals surface area (Å²) in [6, 6.07) is 0. The molecule has 0 aliphatic heterocycles. The van der Waals surface area contributed by atoms with Gasteiger partial charge in [0.25, 0.3) is 0 Å². The number of hydrogen-bond acceptors (Lipinski definition) is 3. The van der Waals surface area contributed by atoms with Gasteiger partial charge in [0.05, 0.1) is 12.2 Å². The number of hydrogen-bond donors (Lipinski definition) is 2. The maximum atomic E-state index is 13.6. The van der Waals surface area contributed by atoms with Gasteiger partial charge in [-0.3, -0.25) is 4.79 Å². The average Bonchev–Trinajstić information content (AvgIpc) is 2.85. The maximum absolute atomic E-state index is 13.6. The highest BCUT2D eigenvalue weighted by molar-refractivity contribution is 5.95. The Morgan fingerprint density at radius 3 is 2.00 bits per heavy atom. The number of fused-ring (bicyclic) bond motifs is 6. The second-order valence-corrected chi connectivity index (χ2v) is 14.9. The Morgan fingerprint density at radius 2 is 1.33 bits per heavy atom. The first kappa shape index (κ1) is 24.0. The third-order valence-corrected chi connectivity index (χ3v) is 12.6. The molecular formula is C30H48O3. The molecule has 0 unspecified atom stereocenters. The second-order valence-electron chi connectivity index (χ2n) is 14.9. The van der Waals surface area contributed by atoms with Crippen LogP contribution in [-0.2, 0) is 4.79 Å². The quantitative estimate of drug-likeness (QED) is 0.448. The number of rotatable bonds is 0. The van der Waals surface area contributed by atoms with Gasteiger partial charge in [-0.25, -0.2) is 0 Å². The van der Waals surface area contributed by atoms with E-state index in [0.29, 0.717) is 17.8 Å². The zero-order chi connectivity index (χ0) is 24.2. The average molecular weight is 457 g/mol. The molecule has 0 aromatic carbocycles. The van der Waals surface area contributed by atoms with Crippen molar-refractivity contribution in [1.29, 1.82) is 0 Å². The van der Waals surface area contributed by atoms with Gasteiger partial charge in [-0.15, -0.1) is 0 Å². The van der Waals surface area contributed by atoms with E-state index in [1.165, 1.54) is 31.3 Å². The molecule has 5 aliphatic rings. The Hall–Kier alpha value is -0.670. The lowest BCUT2D eigenvalue weighted by Gasteiger charge is -2.63. The molecule has 0 heterocycles. The van der Waals surface area contributed by atoms with Crippen LogP contribution < -0.4 is 0 Å². The van der Waals surface area contributed by atoms with E-state index < -0.39 is 6.10 Å². The fraction of sp³-hybridized carbons (Fsp3) is 0.900. The Kier molecular flexibility index (Phi) is 5.24. The third-order valence-electron chi connectivity index (χ3n) is 12.6. The predicted molar refractivity (Wildman–Crippen MR) is 132 cm³/mol. The summed E-state index contributed by atoms with van der Waals surface area (Å²) in [6.45, 7) is 16.3. The molecule has 5 aliphatic carbocycles. The Bertz CT molecular complexity index is 870. The van der Waals surface area contributed by atoms with E-state index >= 15 is 0 Å². The number of carbonyl (C=O) groups is 1. The van der Waals surface area contributed by atoms with Crippen LogP contribution in [0.3, 0.4) is 0 Å². The summed E-state index contributed by atoms with van der Waals surface area (Å²) in [7, 11) is 0. The Morgan fingerprint density at radius 1 is 0.727 bits per heavy atom. The molecule has 5 rings (SSSR count). The van der Waals surface area contributed by atoms with Gasteiger partial charge in [0, 0.05) is 11.3 Å². The molecule has 3 nitrogen and oxygen atoms in total. The summed E-state index contributed by atoms with van der Waals surface area (Å²) in [6.07, 6.45) is 11.1. The predicted octanol–water partition coefficient (Wildman–Crippen LogP) is 6.32. The normalized spacial score (nSPS) is 53.0. The van der Waals surface area contributed by atoms with Crippen LogP contribution in [0, 0.1) is 50.7 Å². The second kappa shape index (κ2) is 7.19. The van der Waals surface area contributed by atoms with Gasteiger partial charge in [0.2, 0.25) is 0 Å². The first-order valence-electron chi connectivity index (χ1n) is 13.8. The lowest BCUT2D eigenvalue weighted by molar-refractivity contribution is -0.170. The molecular weight excluding hydrogens is 408 g/mol. The molecule has 9 atom stereocenters. The van der Waals surface area contributed by atoms with Gasteiger partial charge in [0.15, 0.2) is 5.78 Å². The van der Waals surface area contributed by atoms with Crippen molar-refractivity contribution in [3.8, 4) is 0 Å². The molecule has 0 spiro atoms. The summed E-state index contributed by atoms with van der Waals surface area (Å²) >= 11 is 0. The van der Waals surface area contributed by atoms with Gasteiger partial charge in [-0.05, 0) is 103 Å². The van der Waals surface area contributed by atoms with Gasteiger partial charge in [0.1, 0.15) is 0 Å². The number of aliphatic hydroxyl groups excluding tert-OH is 2. The third kappa shape index (κ3) is 3.09. The molecule has 0 saturated heterocycles. The van der Waals surface area contributed by atoms with Crippen molar-refractivity contribution >= 4 is 5.78 Å². The molecule has 186 valence electrons. The van der Waals surface area contributed by atoms with Crippen LogP contribution in [0.25, 0.3) is 0 Å². The minimum absolute atomic E-state index is 0.0246. The lowest BCUT2D eigenvalue weighted by atomic mass is 9.42. The number of ketones is 1. The fourth-order valence-electron chi connectivity index (χ4n) is 10.9. The van der Waals surface area contributed by atoms with Crippen molar-refractivity contribution in [1.82, 2.24) is 0 Å². The van der Waals surface area contributed by atoms with Crippen LogP contribution in [0.1, 0.15) is 106 Å². The Balaban J connectivity index is 1.54. The van der Waals surface area contributed by atoms with Crippen molar-refractivity contribution in [3.05, 3.63) is 11.6 Å². The number of allylic oxidation sites excluding steroid dienone is 2. The topological polar surface area (TPSA) is 57.5 Å². The minimum atomic E-state index is -0.393. The van der Waals surface area contributed by atoms with Gasteiger partial charge in [-0.1, -0.05) is 54.0 Å². The fourth-order valence-corrected chi connectivity index (χ4v) is 10.9. The van der Waals surface area contributed by atoms with Crippen LogP contribution in [-0.4, -0.2) is 28.2 Å². The number of carbonyl (C=O) groups excluding carboxylic acids is 1. The van der Waals surface area contributed by atoms with Crippen molar-refractivity contribution in [2.45, 2.75) is 118 Å². The van der Waals surface area contributed by atoms with Crippen LogP contribution in [0.15, 0.2) is 11.6 Å². The van der Waals surface area contributed by atoms with Gasteiger partial charge in [-0.2, -0.15) is 0 Å². The van der Waals surface area contributed by atoms with E-state index in [2.05, 4.69) is 48.5 Å². The molecule has 0 aromatic rings. The highest BCUT2D eigenvalue weighted by Crippen LogP contribution is 2.70. The van der Waals surface area contributed by atoms with Gasteiger partial charge < -0.3 is 10.2 Å². The summed E-state index contributed by atoms with van der Waals surface area (Å²) in [5, 5.41) is 21.7. The van der Waals surface area contributed by atoms with Gasteiger partial charge >= 0.3 is 0 Å². The molecule has 4 saturated carbocycles. The van der Waals surface area contributed by atoms with Crippen LogP contribution in [0.4, 0.5) is 0 Å². The minimum Gasteiger partial charge on any atom is -0.393 e. The van der Waals surface area contributed by atoms with Crippen molar-refractivity contribution in [2.75, 3.05) is 0 Å². The van der Waals surface area contributed by atoms with E-state index in [4.69, 9.17) is 0 Å². The maximum Gasteiger partial charge on any atom is 0.159 e. The summed E-state index contributed by atoms with van der Waals surface area (Å²) in [5.74, 6) is 1.86. The van der Waals surface area contributed by atoms with Crippen LogP contribution in [0.2, 0.25) is 0 Å². The summed E-state index contributed by atoms with van der Waals surface area (Å²) < 4.78 is 0. The van der Waals surface area contributed by atoms with E-state index in [9.17, 15) is 15.0 Å². The molecule has 4 fully saturated rings. The molecule has 0 bridgehead atoms. The molecule has 0 amide bonds. The van der Waals surface area contributed by atoms with E-state index in [0.717, 1.165) is 32.1 Å². The molecule has 3 heteroatoms.